The Bertz CT molecular complexity index is 348. The average Bonchev–Trinajstić information content (AvgIpc) is 2.76. The molecule has 0 radical (unpaired) electrons. The van der Waals surface area contributed by atoms with E-state index in [1.807, 2.05) is 6.20 Å². The molecular formula is C13H23N3O. The zero-order chi connectivity index (χ0) is 12.3. The molecule has 1 aliphatic heterocycles. The molecule has 4 heteroatoms. The van der Waals surface area contributed by atoms with E-state index < -0.39 is 0 Å². The Morgan fingerprint density at radius 1 is 1.53 bits per heavy atom. The van der Waals surface area contributed by atoms with Crippen LogP contribution in [0, 0.1) is 0 Å². The zero-order valence-corrected chi connectivity index (χ0v) is 11.1. The summed E-state index contributed by atoms with van der Waals surface area (Å²) in [5.41, 5.74) is 0. The summed E-state index contributed by atoms with van der Waals surface area (Å²) in [5, 5.41) is 0. The summed E-state index contributed by atoms with van der Waals surface area (Å²) in [5.74, 6) is 1.15. The molecular weight excluding hydrogens is 214 g/mol. The Labute approximate surface area is 104 Å². The lowest BCUT2D eigenvalue weighted by Gasteiger charge is -2.35. The summed E-state index contributed by atoms with van der Waals surface area (Å²) in [6.45, 7) is 10.5. The molecule has 1 aromatic rings. The van der Waals surface area contributed by atoms with Crippen molar-refractivity contribution in [3.05, 3.63) is 18.2 Å². The highest BCUT2D eigenvalue weighted by Gasteiger charge is 2.22. The molecule has 1 saturated heterocycles. The number of aryl methyl sites for hydroxylation is 1. The first-order chi connectivity index (χ1) is 8.20. The predicted molar refractivity (Wildman–Crippen MR) is 68.1 cm³/mol. The SMILES string of the molecule is CCc1nccn1CC1CN(C(C)C)CCO1. The second-order valence-corrected chi connectivity index (χ2v) is 4.93. The maximum absolute atomic E-state index is 5.84. The summed E-state index contributed by atoms with van der Waals surface area (Å²) >= 11 is 0. The van der Waals surface area contributed by atoms with Gasteiger partial charge in [-0.15, -0.1) is 0 Å². The number of hydrogen-bond acceptors (Lipinski definition) is 3. The second kappa shape index (κ2) is 5.65. The van der Waals surface area contributed by atoms with Crippen LogP contribution in [0.4, 0.5) is 0 Å². The molecule has 2 rings (SSSR count). The van der Waals surface area contributed by atoms with Crippen LogP contribution < -0.4 is 0 Å². The van der Waals surface area contributed by atoms with E-state index in [0.717, 1.165) is 38.5 Å². The van der Waals surface area contributed by atoms with Gasteiger partial charge in [0.25, 0.3) is 0 Å². The van der Waals surface area contributed by atoms with Gasteiger partial charge in [-0.05, 0) is 13.8 Å². The van der Waals surface area contributed by atoms with Crippen molar-refractivity contribution in [3.8, 4) is 0 Å². The van der Waals surface area contributed by atoms with Crippen LogP contribution in [0.15, 0.2) is 12.4 Å². The largest absolute Gasteiger partial charge is 0.374 e. The predicted octanol–water partition coefficient (Wildman–Crippen LogP) is 1.55. The highest BCUT2D eigenvalue weighted by atomic mass is 16.5. The van der Waals surface area contributed by atoms with Crippen LogP contribution in [0.3, 0.4) is 0 Å². The van der Waals surface area contributed by atoms with Gasteiger partial charge in [0, 0.05) is 37.9 Å². The number of nitrogens with zero attached hydrogens (tertiary/aromatic N) is 3. The van der Waals surface area contributed by atoms with E-state index in [-0.39, 0.29) is 0 Å². The first kappa shape index (κ1) is 12.6. The lowest BCUT2D eigenvalue weighted by Crippen LogP contribution is -2.47. The number of rotatable bonds is 4. The van der Waals surface area contributed by atoms with Gasteiger partial charge in [0.1, 0.15) is 5.82 Å². The van der Waals surface area contributed by atoms with Crippen molar-refractivity contribution in [3.63, 3.8) is 0 Å². The van der Waals surface area contributed by atoms with E-state index in [9.17, 15) is 0 Å². The summed E-state index contributed by atoms with van der Waals surface area (Å²) in [7, 11) is 0. The zero-order valence-electron chi connectivity index (χ0n) is 11.1. The fourth-order valence-electron chi connectivity index (χ4n) is 2.36. The molecule has 1 unspecified atom stereocenters. The second-order valence-electron chi connectivity index (χ2n) is 4.93. The third-order valence-corrected chi connectivity index (χ3v) is 3.42. The lowest BCUT2D eigenvalue weighted by atomic mass is 10.2. The van der Waals surface area contributed by atoms with Crippen molar-refractivity contribution in [1.29, 1.82) is 0 Å². The van der Waals surface area contributed by atoms with Crippen LogP contribution in [-0.4, -0.2) is 46.3 Å². The first-order valence-electron chi connectivity index (χ1n) is 6.56. The minimum Gasteiger partial charge on any atom is -0.374 e. The first-order valence-corrected chi connectivity index (χ1v) is 6.56. The quantitative estimate of drug-likeness (QED) is 0.796. The maximum Gasteiger partial charge on any atom is 0.108 e. The standard InChI is InChI=1S/C13H23N3O/c1-4-13-14-5-6-16(13)10-12-9-15(11(2)3)7-8-17-12/h5-6,11-12H,4,7-10H2,1-3H3. The third kappa shape index (κ3) is 3.07. The van der Waals surface area contributed by atoms with Crippen molar-refractivity contribution in [2.24, 2.45) is 0 Å². The van der Waals surface area contributed by atoms with Crippen LogP contribution in [-0.2, 0) is 17.7 Å². The Morgan fingerprint density at radius 2 is 2.35 bits per heavy atom. The minimum atomic E-state index is 0.297. The monoisotopic (exact) mass is 237 g/mol. The molecule has 1 atom stereocenters. The Balaban J connectivity index is 1.94. The molecule has 96 valence electrons. The smallest absolute Gasteiger partial charge is 0.108 e. The van der Waals surface area contributed by atoms with E-state index in [2.05, 4.69) is 41.4 Å². The van der Waals surface area contributed by atoms with Crippen LogP contribution in [0.1, 0.15) is 26.6 Å². The fourth-order valence-corrected chi connectivity index (χ4v) is 2.36. The molecule has 1 fully saturated rings. The minimum absolute atomic E-state index is 0.297. The van der Waals surface area contributed by atoms with Gasteiger partial charge in [-0.2, -0.15) is 0 Å². The molecule has 4 nitrogen and oxygen atoms in total. The molecule has 0 saturated carbocycles. The Morgan fingerprint density at radius 3 is 3.06 bits per heavy atom. The van der Waals surface area contributed by atoms with E-state index in [4.69, 9.17) is 4.74 Å². The maximum atomic E-state index is 5.84. The number of aromatic nitrogens is 2. The van der Waals surface area contributed by atoms with Gasteiger partial charge >= 0.3 is 0 Å². The topological polar surface area (TPSA) is 30.3 Å². The average molecular weight is 237 g/mol. The van der Waals surface area contributed by atoms with Crippen molar-refractivity contribution in [1.82, 2.24) is 14.5 Å². The molecule has 1 aliphatic rings. The van der Waals surface area contributed by atoms with E-state index in [0.29, 0.717) is 12.1 Å². The van der Waals surface area contributed by atoms with E-state index >= 15 is 0 Å². The third-order valence-electron chi connectivity index (χ3n) is 3.42. The van der Waals surface area contributed by atoms with Gasteiger partial charge in [0.05, 0.1) is 19.3 Å². The van der Waals surface area contributed by atoms with Gasteiger partial charge in [-0.3, -0.25) is 4.90 Å². The van der Waals surface area contributed by atoms with Gasteiger partial charge in [0.2, 0.25) is 0 Å². The van der Waals surface area contributed by atoms with Crippen molar-refractivity contribution >= 4 is 0 Å². The van der Waals surface area contributed by atoms with Crippen LogP contribution >= 0.6 is 0 Å². The summed E-state index contributed by atoms with van der Waals surface area (Å²) in [6.07, 6.45) is 5.21. The van der Waals surface area contributed by atoms with Gasteiger partial charge in [0.15, 0.2) is 0 Å². The Hall–Kier alpha value is -0.870. The van der Waals surface area contributed by atoms with Gasteiger partial charge in [-0.25, -0.2) is 4.98 Å². The normalized spacial score (nSPS) is 22.2. The highest BCUT2D eigenvalue weighted by molar-refractivity contribution is 4.92. The molecule has 1 aromatic heterocycles. The van der Waals surface area contributed by atoms with Crippen LogP contribution in [0.25, 0.3) is 0 Å². The van der Waals surface area contributed by atoms with Crippen molar-refractivity contribution in [2.45, 2.75) is 45.9 Å². The molecule has 0 aliphatic carbocycles. The molecule has 0 amide bonds. The van der Waals surface area contributed by atoms with Crippen LogP contribution in [0.5, 0.6) is 0 Å². The lowest BCUT2D eigenvalue weighted by molar-refractivity contribution is -0.0458. The molecule has 0 bridgehead atoms. The van der Waals surface area contributed by atoms with E-state index in [1.165, 1.54) is 0 Å². The number of imidazole rings is 1. The summed E-state index contributed by atoms with van der Waals surface area (Å²) < 4.78 is 8.06. The molecule has 0 aromatic carbocycles. The summed E-state index contributed by atoms with van der Waals surface area (Å²) in [4.78, 5) is 6.83. The number of ether oxygens (including phenoxy) is 1. The van der Waals surface area contributed by atoms with Crippen molar-refractivity contribution < 1.29 is 4.74 Å². The fraction of sp³-hybridized carbons (Fsp3) is 0.769. The van der Waals surface area contributed by atoms with Gasteiger partial charge < -0.3 is 9.30 Å². The number of hydrogen-bond donors (Lipinski definition) is 0. The Kier molecular flexibility index (Phi) is 4.18. The highest BCUT2D eigenvalue weighted by Crippen LogP contribution is 2.11. The summed E-state index contributed by atoms with van der Waals surface area (Å²) in [6, 6.07) is 0.606. The van der Waals surface area contributed by atoms with Gasteiger partial charge in [-0.1, -0.05) is 6.92 Å². The van der Waals surface area contributed by atoms with Crippen LogP contribution in [0.2, 0.25) is 0 Å². The van der Waals surface area contributed by atoms with E-state index in [1.54, 1.807) is 0 Å². The molecule has 2 heterocycles. The number of morpholine rings is 1. The molecule has 17 heavy (non-hydrogen) atoms. The molecule has 0 N–H and O–H groups in total. The molecule has 0 spiro atoms. The van der Waals surface area contributed by atoms with Crippen molar-refractivity contribution in [2.75, 3.05) is 19.7 Å².